The van der Waals surface area contributed by atoms with Crippen LogP contribution >= 0.6 is 0 Å². The molecule has 3 amide bonds. The van der Waals surface area contributed by atoms with Crippen LogP contribution in [0.3, 0.4) is 0 Å². The molecule has 1 atom stereocenters. The molecule has 0 bridgehead atoms. The van der Waals surface area contributed by atoms with Gasteiger partial charge >= 0.3 is 6.03 Å². The SMILES string of the molecule is CC(=O)N1CCN(C(=O)NC(CCn2ccnc2C)c2ccccc2)CC1. The van der Waals surface area contributed by atoms with Crippen molar-refractivity contribution >= 4 is 11.9 Å². The Bertz CT molecular complexity index is 766. The minimum Gasteiger partial charge on any atom is -0.339 e. The highest BCUT2D eigenvalue weighted by atomic mass is 16.2. The average molecular weight is 369 g/mol. The standard InChI is InChI=1S/C20H27N5O2/c1-16-21-9-11-23(16)10-8-19(18-6-4-3-5-7-18)22-20(27)25-14-12-24(13-15-25)17(2)26/h3-7,9,11,19H,8,10,12-15H2,1-2H3,(H,22,27). The second-order valence-electron chi connectivity index (χ2n) is 6.86. The van der Waals surface area contributed by atoms with Crippen LogP contribution in [-0.4, -0.2) is 57.5 Å². The van der Waals surface area contributed by atoms with E-state index in [4.69, 9.17) is 0 Å². The lowest BCUT2D eigenvalue weighted by Crippen LogP contribution is -2.53. The summed E-state index contributed by atoms with van der Waals surface area (Å²) >= 11 is 0. The van der Waals surface area contributed by atoms with E-state index < -0.39 is 0 Å². The van der Waals surface area contributed by atoms with Crippen LogP contribution in [0.4, 0.5) is 4.79 Å². The first kappa shape index (κ1) is 18.9. The lowest BCUT2D eigenvalue weighted by Gasteiger charge is -2.35. The van der Waals surface area contributed by atoms with Crippen LogP contribution in [0.5, 0.6) is 0 Å². The fourth-order valence-corrected chi connectivity index (χ4v) is 3.38. The number of carbonyl (C=O) groups excluding carboxylic acids is 2. The molecule has 1 N–H and O–H groups in total. The van der Waals surface area contributed by atoms with Gasteiger partial charge in [0.25, 0.3) is 0 Å². The summed E-state index contributed by atoms with van der Waals surface area (Å²) in [4.78, 5) is 32.1. The number of piperazine rings is 1. The van der Waals surface area contributed by atoms with Gasteiger partial charge in [-0.25, -0.2) is 9.78 Å². The zero-order valence-corrected chi connectivity index (χ0v) is 16.0. The Morgan fingerprint density at radius 1 is 1.11 bits per heavy atom. The third-order valence-electron chi connectivity index (χ3n) is 5.09. The molecular formula is C20H27N5O2. The minimum absolute atomic E-state index is 0.0629. The molecule has 1 fully saturated rings. The first-order chi connectivity index (χ1) is 13.0. The number of nitrogens with one attached hydrogen (secondary N) is 1. The molecular weight excluding hydrogens is 342 g/mol. The van der Waals surface area contributed by atoms with Crippen LogP contribution in [-0.2, 0) is 11.3 Å². The molecule has 1 aromatic carbocycles. The van der Waals surface area contributed by atoms with Crippen molar-refractivity contribution in [3.63, 3.8) is 0 Å². The van der Waals surface area contributed by atoms with Crippen molar-refractivity contribution in [3.05, 3.63) is 54.1 Å². The Morgan fingerprint density at radius 3 is 2.37 bits per heavy atom. The van der Waals surface area contributed by atoms with Crippen LogP contribution in [0.15, 0.2) is 42.7 Å². The second-order valence-corrected chi connectivity index (χ2v) is 6.86. The van der Waals surface area contributed by atoms with Crippen molar-refractivity contribution in [2.75, 3.05) is 26.2 Å². The highest BCUT2D eigenvalue weighted by Crippen LogP contribution is 2.19. The molecule has 1 aliphatic rings. The molecule has 2 aromatic rings. The first-order valence-corrected chi connectivity index (χ1v) is 9.38. The van der Waals surface area contributed by atoms with Crippen molar-refractivity contribution in [1.82, 2.24) is 24.7 Å². The molecule has 3 rings (SSSR count). The molecule has 27 heavy (non-hydrogen) atoms. The van der Waals surface area contributed by atoms with Crippen LogP contribution in [0.2, 0.25) is 0 Å². The Labute approximate surface area is 160 Å². The van der Waals surface area contributed by atoms with Gasteiger partial charge in [0.2, 0.25) is 5.91 Å². The Hall–Kier alpha value is -2.83. The van der Waals surface area contributed by atoms with Gasteiger partial charge in [0.15, 0.2) is 0 Å². The topological polar surface area (TPSA) is 70.5 Å². The van der Waals surface area contributed by atoms with Gasteiger partial charge in [-0.15, -0.1) is 0 Å². The largest absolute Gasteiger partial charge is 0.339 e. The molecule has 7 nitrogen and oxygen atoms in total. The molecule has 144 valence electrons. The zero-order valence-electron chi connectivity index (χ0n) is 16.0. The van der Waals surface area contributed by atoms with Crippen LogP contribution < -0.4 is 5.32 Å². The number of urea groups is 1. The number of benzene rings is 1. The van der Waals surface area contributed by atoms with Crippen molar-refractivity contribution < 1.29 is 9.59 Å². The van der Waals surface area contributed by atoms with E-state index in [0.29, 0.717) is 26.2 Å². The van der Waals surface area contributed by atoms with Crippen molar-refractivity contribution in [3.8, 4) is 0 Å². The monoisotopic (exact) mass is 369 g/mol. The fraction of sp³-hybridized carbons (Fsp3) is 0.450. The normalized spacial score (nSPS) is 15.5. The first-order valence-electron chi connectivity index (χ1n) is 9.38. The highest BCUT2D eigenvalue weighted by Gasteiger charge is 2.24. The summed E-state index contributed by atoms with van der Waals surface area (Å²) in [6.07, 6.45) is 4.53. The van der Waals surface area contributed by atoms with Gasteiger partial charge in [0.1, 0.15) is 5.82 Å². The van der Waals surface area contributed by atoms with E-state index in [1.165, 1.54) is 0 Å². The molecule has 1 saturated heterocycles. The van der Waals surface area contributed by atoms with Gasteiger partial charge < -0.3 is 19.7 Å². The Kier molecular flexibility index (Phi) is 6.11. The van der Waals surface area contributed by atoms with Gasteiger partial charge in [-0.2, -0.15) is 0 Å². The molecule has 0 radical (unpaired) electrons. The van der Waals surface area contributed by atoms with Crippen LogP contribution in [0.1, 0.15) is 30.8 Å². The molecule has 0 aliphatic carbocycles. The van der Waals surface area contributed by atoms with Gasteiger partial charge in [-0.1, -0.05) is 30.3 Å². The number of rotatable bonds is 5. The van der Waals surface area contributed by atoms with E-state index >= 15 is 0 Å². The number of hydrogen-bond acceptors (Lipinski definition) is 3. The molecule has 0 saturated carbocycles. The molecule has 0 spiro atoms. The maximum atomic E-state index is 12.8. The predicted octanol–water partition coefficient (Wildman–Crippen LogP) is 2.20. The molecule has 2 heterocycles. The van der Waals surface area contributed by atoms with Crippen molar-refractivity contribution in [1.29, 1.82) is 0 Å². The maximum absolute atomic E-state index is 12.8. The van der Waals surface area contributed by atoms with Crippen molar-refractivity contribution in [2.45, 2.75) is 32.9 Å². The Balaban J connectivity index is 1.63. The average Bonchev–Trinajstić information content (AvgIpc) is 3.10. The molecule has 1 aromatic heterocycles. The summed E-state index contributed by atoms with van der Waals surface area (Å²) in [7, 11) is 0. The summed E-state index contributed by atoms with van der Waals surface area (Å²) in [5.74, 6) is 1.03. The zero-order chi connectivity index (χ0) is 19.2. The third-order valence-corrected chi connectivity index (χ3v) is 5.09. The number of carbonyl (C=O) groups is 2. The van der Waals surface area contributed by atoms with E-state index in [-0.39, 0.29) is 18.0 Å². The quantitative estimate of drug-likeness (QED) is 0.878. The van der Waals surface area contributed by atoms with Crippen LogP contribution in [0.25, 0.3) is 0 Å². The third kappa shape index (κ3) is 4.87. The summed E-state index contributed by atoms with van der Waals surface area (Å²) in [5.41, 5.74) is 1.09. The van der Waals surface area contributed by atoms with E-state index in [1.54, 1.807) is 22.9 Å². The summed E-state index contributed by atoms with van der Waals surface area (Å²) in [6, 6.07) is 9.88. The number of imidazole rings is 1. The fourth-order valence-electron chi connectivity index (χ4n) is 3.38. The number of amides is 3. The number of aromatic nitrogens is 2. The number of aryl methyl sites for hydroxylation is 2. The lowest BCUT2D eigenvalue weighted by molar-refractivity contribution is -0.130. The molecule has 1 aliphatic heterocycles. The Morgan fingerprint density at radius 2 is 1.78 bits per heavy atom. The maximum Gasteiger partial charge on any atom is 0.318 e. The molecule has 7 heteroatoms. The minimum atomic E-state index is -0.0775. The smallest absolute Gasteiger partial charge is 0.318 e. The van der Waals surface area contributed by atoms with E-state index in [1.807, 2.05) is 43.5 Å². The second kappa shape index (κ2) is 8.70. The number of hydrogen-bond donors (Lipinski definition) is 1. The van der Waals surface area contributed by atoms with Crippen molar-refractivity contribution in [2.24, 2.45) is 0 Å². The summed E-state index contributed by atoms with van der Waals surface area (Å²) < 4.78 is 2.09. The van der Waals surface area contributed by atoms with Gasteiger partial charge in [-0.05, 0) is 18.9 Å². The highest BCUT2D eigenvalue weighted by molar-refractivity contribution is 5.76. The lowest BCUT2D eigenvalue weighted by atomic mass is 10.0. The van der Waals surface area contributed by atoms with Gasteiger partial charge in [0.05, 0.1) is 6.04 Å². The van der Waals surface area contributed by atoms with Crippen LogP contribution in [0, 0.1) is 6.92 Å². The number of nitrogens with zero attached hydrogens (tertiary/aromatic N) is 4. The predicted molar refractivity (Wildman–Crippen MR) is 103 cm³/mol. The van der Waals surface area contributed by atoms with Gasteiger partial charge in [-0.3, -0.25) is 4.79 Å². The van der Waals surface area contributed by atoms with E-state index in [0.717, 1.165) is 24.4 Å². The summed E-state index contributed by atoms with van der Waals surface area (Å²) in [5, 5.41) is 3.18. The summed E-state index contributed by atoms with van der Waals surface area (Å²) in [6.45, 7) is 6.63. The van der Waals surface area contributed by atoms with Gasteiger partial charge in [0, 0.05) is 52.0 Å². The molecule has 1 unspecified atom stereocenters. The van der Waals surface area contributed by atoms with E-state index in [9.17, 15) is 9.59 Å². The van der Waals surface area contributed by atoms with E-state index in [2.05, 4.69) is 14.9 Å².